The number of aromatic nitrogens is 1. The molecule has 2 amide bonds. The highest BCUT2D eigenvalue weighted by atomic mass is 35.5. The number of anilines is 2. The number of amides is 2. The molecule has 30 heavy (non-hydrogen) atoms. The molecular formula is C22H16ClN3O4. The molecule has 0 aliphatic rings. The van der Waals surface area contributed by atoms with Gasteiger partial charge in [0.05, 0.1) is 11.3 Å². The molecule has 0 bridgehead atoms. The topological polar surface area (TPSA) is 108 Å². The number of rotatable bonds is 6. The van der Waals surface area contributed by atoms with E-state index >= 15 is 0 Å². The van der Waals surface area contributed by atoms with Crippen molar-refractivity contribution < 1.29 is 19.5 Å². The van der Waals surface area contributed by atoms with Crippen LogP contribution in [0.4, 0.5) is 11.4 Å². The van der Waals surface area contributed by atoms with Crippen molar-refractivity contribution in [1.82, 2.24) is 4.98 Å². The van der Waals surface area contributed by atoms with Crippen molar-refractivity contribution in [1.29, 1.82) is 0 Å². The highest BCUT2D eigenvalue weighted by Gasteiger charge is 2.21. The monoisotopic (exact) mass is 421 g/mol. The first-order chi connectivity index (χ1) is 14.5. The number of aromatic carboxylic acids is 1. The predicted octanol–water partition coefficient (Wildman–Crippen LogP) is 4.09. The van der Waals surface area contributed by atoms with Gasteiger partial charge in [0.2, 0.25) is 0 Å². The second-order valence-corrected chi connectivity index (χ2v) is 6.42. The highest BCUT2D eigenvalue weighted by molar-refractivity contribution is 6.33. The summed E-state index contributed by atoms with van der Waals surface area (Å²) in [4.78, 5) is 41.1. The lowest BCUT2D eigenvalue weighted by molar-refractivity contribution is -0.118. The van der Waals surface area contributed by atoms with Gasteiger partial charge in [0.15, 0.2) is 0 Å². The molecule has 3 aromatic rings. The van der Waals surface area contributed by atoms with Crippen LogP contribution in [0.1, 0.15) is 15.9 Å². The molecule has 0 fully saturated rings. The van der Waals surface area contributed by atoms with E-state index in [1.807, 2.05) is 0 Å². The van der Waals surface area contributed by atoms with Crippen LogP contribution in [0, 0.1) is 0 Å². The third-order valence-electron chi connectivity index (χ3n) is 4.01. The lowest BCUT2D eigenvalue weighted by Gasteiger charge is -2.12. The Labute approximate surface area is 177 Å². The Balaban J connectivity index is 1.97. The van der Waals surface area contributed by atoms with Crippen LogP contribution in [-0.2, 0) is 9.59 Å². The molecule has 0 aliphatic heterocycles. The van der Waals surface area contributed by atoms with Gasteiger partial charge in [-0.25, -0.2) is 9.78 Å². The van der Waals surface area contributed by atoms with Crippen molar-refractivity contribution in [3.8, 4) is 0 Å². The summed E-state index contributed by atoms with van der Waals surface area (Å²) in [5, 5.41) is 14.6. The molecule has 1 heterocycles. The number of carbonyl (C=O) groups excluding carboxylic acids is 2. The maximum Gasteiger partial charge on any atom is 0.337 e. The van der Waals surface area contributed by atoms with E-state index in [2.05, 4.69) is 15.6 Å². The van der Waals surface area contributed by atoms with Gasteiger partial charge in [-0.15, -0.1) is 0 Å². The van der Waals surface area contributed by atoms with E-state index in [0.29, 0.717) is 11.3 Å². The fourth-order valence-electron chi connectivity index (χ4n) is 2.58. The van der Waals surface area contributed by atoms with Gasteiger partial charge in [0, 0.05) is 17.4 Å². The van der Waals surface area contributed by atoms with Crippen LogP contribution in [0.15, 0.2) is 78.5 Å². The molecular weight excluding hydrogens is 406 g/mol. The van der Waals surface area contributed by atoms with E-state index in [9.17, 15) is 19.5 Å². The first-order valence-corrected chi connectivity index (χ1v) is 9.16. The number of benzene rings is 2. The molecule has 150 valence electrons. The number of carboxylic acid groups (broad SMARTS) is 1. The summed E-state index contributed by atoms with van der Waals surface area (Å²) >= 11 is 6.07. The third-order valence-corrected chi connectivity index (χ3v) is 4.33. The van der Waals surface area contributed by atoms with Gasteiger partial charge < -0.3 is 15.7 Å². The van der Waals surface area contributed by atoms with Gasteiger partial charge in [0.25, 0.3) is 11.8 Å². The van der Waals surface area contributed by atoms with Gasteiger partial charge >= 0.3 is 5.97 Å². The van der Waals surface area contributed by atoms with Crippen LogP contribution >= 0.6 is 11.6 Å². The minimum Gasteiger partial charge on any atom is -0.478 e. The number of halogens is 1. The molecule has 0 unspecified atom stereocenters. The van der Waals surface area contributed by atoms with Crippen molar-refractivity contribution >= 4 is 46.8 Å². The first kappa shape index (κ1) is 20.8. The second kappa shape index (κ2) is 9.49. The van der Waals surface area contributed by atoms with E-state index in [4.69, 9.17) is 11.6 Å². The molecule has 1 aromatic heterocycles. The highest BCUT2D eigenvalue weighted by Crippen LogP contribution is 2.20. The summed E-state index contributed by atoms with van der Waals surface area (Å²) in [5.74, 6) is -2.69. The number of pyridine rings is 1. The molecule has 8 heteroatoms. The zero-order valence-electron chi connectivity index (χ0n) is 15.5. The van der Waals surface area contributed by atoms with Crippen LogP contribution in [0.25, 0.3) is 6.08 Å². The summed E-state index contributed by atoms with van der Waals surface area (Å²) < 4.78 is 0. The van der Waals surface area contributed by atoms with Crippen molar-refractivity contribution in [2.75, 3.05) is 10.6 Å². The summed E-state index contributed by atoms with van der Waals surface area (Å²) in [6.45, 7) is 0. The zero-order chi connectivity index (χ0) is 21.5. The Morgan fingerprint density at radius 1 is 0.867 bits per heavy atom. The number of hydrogen-bond donors (Lipinski definition) is 3. The summed E-state index contributed by atoms with van der Waals surface area (Å²) in [6, 6.07) is 17.7. The molecule has 0 saturated heterocycles. The lowest BCUT2D eigenvalue weighted by Crippen LogP contribution is -2.26. The van der Waals surface area contributed by atoms with Crippen molar-refractivity contribution in [2.24, 2.45) is 0 Å². The van der Waals surface area contributed by atoms with E-state index in [-0.39, 0.29) is 22.0 Å². The fourth-order valence-corrected chi connectivity index (χ4v) is 2.76. The zero-order valence-corrected chi connectivity index (χ0v) is 16.3. The average molecular weight is 422 g/mol. The summed E-state index contributed by atoms with van der Waals surface area (Å²) in [6.07, 6.45) is 2.78. The van der Waals surface area contributed by atoms with Crippen molar-refractivity contribution in [3.63, 3.8) is 0 Å². The number of nitrogens with zero attached hydrogens (tertiary/aromatic N) is 1. The minimum atomic E-state index is -1.21. The Morgan fingerprint density at radius 2 is 1.53 bits per heavy atom. The molecule has 3 N–H and O–H groups in total. The van der Waals surface area contributed by atoms with E-state index in [1.165, 1.54) is 30.5 Å². The minimum absolute atomic E-state index is 0.0608. The predicted molar refractivity (Wildman–Crippen MR) is 114 cm³/mol. The van der Waals surface area contributed by atoms with E-state index < -0.39 is 17.8 Å². The van der Waals surface area contributed by atoms with E-state index in [0.717, 1.165) is 0 Å². The van der Waals surface area contributed by atoms with Gasteiger partial charge in [-0.05, 0) is 36.4 Å². The van der Waals surface area contributed by atoms with Crippen LogP contribution in [0.3, 0.4) is 0 Å². The fraction of sp³-hybridized carbons (Fsp3) is 0. The van der Waals surface area contributed by atoms with Gasteiger partial charge in [-0.3, -0.25) is 9.59 Å². The smallest absolute Gasteiger partial charge is 0.337 e. The molecule has 0 spiro atoms. The molecule has 2 aromatic carbocycles. The van der Waals surface area contributed by atoms with E-state index in [1.54, 1.807) is 48.5 Å². The molecule has 3 rings (SSSR count). The normalized spacial score (nSPS) is 10.9. The molecule has 0 atom stereocenters. The Bertz CT molecular complexity index is 1130. The standard InChI is InChI=1S/C22H16ClN3O4/c23-19-14(7-6-12-24-19)13-17(20(27)25-15-8-2-1-3-9-15)21(28)26-18-11-5-4-10-16(18)22(29)30/h1-13H,(H,25,27)(H,26,28)(H,29,30). The molecule has 0 radical (unpaired) electrons. The number of hydrogen-bond acceptors (Lipinski definition) is 4. The van der Waals surface area contributed by atoms with Crippen molar-refractivity contribution in [2.45, 2.75) is 0 Å². The average Bonchev–Trinajstić information content (AvgIpc) is 2.74. The van der Waals surface area contributed by atoms with Crippen LogP contribution in [0.2, 0.25) is 5.15 Å². The van der Waals surface area contributed by atoms with Crippen LogP contribution in [-0.4, -0.2) is 27.9 Å². The Morgan fingerprint density at radius 3 is 2.23 bits per heavy atom. The SMILES string of the molecule is O=C(Nc1ccccc1)C(=Cc1cccnc1Cl)C(=O)Nc1ccccc1C(=O)O. The number of carbonyl (C=O) groups is 3. The van der Waals surface area contributed by atoms with Gasteiger partial charge in [-0.1, -0.05) is 48.0 Å². The quantitative estimate of drug-likeness (QED) is 0.240. The second-order valence-electron chi connectivity index (χ2n) is 6.07. The maximum absolute atomic E-state index is 12.9. The summed E-state index contributed by atoms with van der Waals surface area (Å²) in [5.41, 5.74) is 0.538. The van der Waals surface area contributed by atoms with Gasteiger partial charge in [0.1, 0.15) is 10.7 Å². The number of para-hydroxylation sites is 2. The first-order valence-electron chi connectivity index (χ1n) is 8.78. The van der Waals surface area contributed by atoms with Gasteiger partial charge in [-0.2, -0.15) is 0 Å². The number of nitrogens with one attached hydrogen (secondary N) is 2. The summed E-state index contributed by atoms with van der Waals surface area (Å²) in [7, 11) is 0. The molecule has 0 aliphatic carbocycles. The van der Waals surface area contributed by atoms with Crippen molar-refractivity contribution in [3.05, 3.63) is 94.8 Å². The lowest BCUT2D eigenvalue weighted by atomic mass is 10.1. The largest absolute Gasteiger partial charge is 0.478 e. The molecule has 7 nitrogen and oxygen atoms in total. The number of carboxylic acids is 1. The maximum atomic E-state index is 12.9. The Kier molecular flexibility index (Phi) is 6.56. The van der Waals surface area contributed by atoms with Crippen LogP contribution < -0.4 is 10.6 Å². The molecule has 0 saturated carbocycles. The Hall–Kier alpha value is -3.97. The van der Waals surface area contributed by atoms with Crippen LogP contribution in [0.5, 0.6) is 0 Å². The third kappa shape index (κ3) is 5.09.